The van der Waals surface area contributed by atoms with Crippen molar-refractivity contribution in [3.8, 4) is 0 Å². The van der Waals surface area contributed by atoms with Crippen molar-refractivity contribution in [2.75, 3.05) is 32.8 Å². The van der Waals surface area contributed by atoms with Crippen molar-refractivity contribution in [2.24, 2.45) is 0 Å². The topological polar surface area (TPSA) is 35.9 Å². The van der Waals surface area contributed by atoms with Gasteiger partial charge < -0.3 is 9.84 Å². The summed E-state index contributed by atoms with van der Waals surface area (Å²) in [6, 6.07) is 4.64. The Morgan fingerprint density at radius 3 is 2.22 bits per heavy atom. The minimum atomic E-state index is -0.244. The highest BCUT2D eigenvalue weighted by Gasteiger charge is 2.42. The molecule has 1 spiro atoms. The maximum atomic E-state index is 9.73. The second kappa shape index (κ2) is 6.81. The van der Waals surface area contributed by atoms with Crippen LogP contribution in [0.1, 0.15) is 41.9 Å². The third kappa shape index (κ3) is 3.80. The first kappa shape index (κ1) is 16.0. The van der Waals surface area contributed by atoms with Crippen molar-refractivity contribution in [1.29, 1.82) is 0 Å². The van der Waals surface area contributed by atoms with Crippen molar-refractivity contribution in [3.05, 3.63) is 21.9 Å². The number of aliphatic hydroxyl groups is 1. The van der Waals surface area contributed by atoms with Gasteiger partial charge in [-0.05, 0) is 50.9 Å². The van der Waals surface area contributed by atoms with E-state index >= 15 is 0 Å². The standard InChI is InChI=1S/C18H28N2O2S/c21-15-11-18(22-14-15)5-9-20(10-6-18)13-17-4-3-16(23-17)12-19-7-1-2-8-19/h3-4,15,21H,1-2,5-14H2. The van der Waals surface area contributed by atoms with Crippen LogP contribution in [0.5, 0.6) is 0 Å². The van der Waals surface area contributed by atoms with Gasteiger partial charge in [0.25, 0.3) is 0 Å². The van der Waals surface area contributed by atoms with Gasteiger partial charge >= 0.3 is 0 Å². The zero-order valence-corrected chi connectivity index (χ0v) is 14.7. The first-order valence-electron chi connectivity index (χ1n) is 9.05. The molecule has 3 saturated heterocycles. The lowest BCUT2D eigenvalue weighted by molar-refractivity contribution is -0.0455. The summed E-state index contributed by atoms with van der Waals surface area (Å²) in [5.74, 6) is 0. The number of hydrogen-bond acceptors (Lipinski definition) is 5. The third-order valence-electron chi connectivity index (χ3n) is 5.63. The van der Waals surface area contributed by atoms with Gasteiger partial charge in [-0.3, -0.25) is 9.80 Å². The monoisotopic (exact) mass is 336 g/mol. The van der Waals surface area contributed by atoms with E-state index in [0.29, 0.717) is 6.61 Å². The third-order valence-corrected chi connectivity index (χ3v) is 6.69. The van der Waals surface area contributed by atoms with E-state index in [1.165, 1.54) is 35.7 Å². The Kier molecular flexibility index (Phi) is 4.74. The van der Waals surface area contributed by atoms with E-state index in [-0.39, 0.29) is 11.7 Å². The van der Waals surface area contributed by atoms with Crippen LogP contribution in [0.15, 0.2) is 12.1 Å². The quantitative estimate of drug-likeness (QED) is 0.916. The van der Waals surface area contributed by atoms with Gasteiger partial charge in [0.15, 0.2) is 0 Å². The Hall–Kier alpha value is -0.460. The summed E-state index contributed by atoms with van der Waals surface area (Å²) in [7, 11) is 0. The molecule has 0 radical (unpaired) electrons. The van der Waals surface area contributed by atoms with Crippen molar-refractivity contribution in [2.45, 2.75) is 56.9 Å². The van der Waals surface area contributed by atoms with Crippen LogP contribution in [-0.4, -0.2) is 59.4 Å². The number of aliphatic hydroxyl groups excluding tert-OH is 1. The van der Waals surface area contributed by atoms with E-state index in [1.54, 1.807) is 0 Å². The fraction of sp³-hybridized carbons (Fsp3) is 0.778. The van der Waals surface area contributed by atoms with Crippen LogP contribution >= 0.6 is 11.3 Å². The van der Waals surface area contributed by atoms with E-state index in [4.69, 9.17) is 4.74 Å². The molecule has 3 aliphatic heterocycles. The minimum absolute atomic E-state index is 0.0215. The zero-order chi connectivity index (χ0) is 15.7. The molecule has 0 amide bonds. The maximum absolute atomic E-state index is 9.73. The van der Waals surface area contributed by atoms with Gasteiger partial charge in [-0.2, -0.15) is 0 Å². The average Bonchev–Trinajstić information content (AvgIpc) is 3.26. The van der Waals surface area contributed by atoms with Crippen molar-refractivity contribution < 1.29 is 9.84 Å². The fourth-order valence-electron chi connectivity index (χ4n) is 4.26. The summed E-state index contributed by atoms with van der Waals surface area (Å²) in [5.41, 5.74) is -0.0215. The van der Waals surface area contributed by atoms with Crippen LogP contribution < -0.4 is 0 Å². The van der Waals surface area contributed by atoms with E-state index in [1.807, 2.05) is 11.3 Å². The molecule has 4 nitrogen and oxygen atoms in total. The summed E-state index contributed by atoms with van der Waals surface area (Å²) in [6.45, 7) is 7.46. The maximum Gasteiger partial charge on any atom is 0.0801 e. The van der Waals surface area contributed by atoms with Crippen LogP contribution in [0.4, 0.5) is 0 Å². The molecule has 5 heteroatoms. The molecule has 1 aromatic rings. The molecule has 1 atom stereocenters. The average molecular weight is 337 g/mol. The highest BCUT2D eigenvalue weighted by atomic mass is 32.1. The molecular weight excluding hydrogens is 308 g/mol. The largest absolute Gasteiger partial charge is 0.391 e. The van der Waals surface area contributed by atoms with Gasteiger partial charge in [0.1, 0.15) is 0 Å². The lowest BCUT2D eigenvalue weighted by atomic mass is 9.88. The summed E-state index contributed by atoms with van der Waals surface area (Å²) in [4.78, 5) is 8.12. The zero-order valence-electron chi connectivity index (χ0n) is 13.9. The summed E-state index contributed by atoms with van der Waals surface area (Å²) in [6.07, 6.45) is 5.45. The lowest BCUT2D eigenvalue weighted by Crippen LogP contribution is -2.43. The molecule has 4 heterocycles. The number of thiophene rings is 1. The van der Waals surface area contributed by atoms with Crippen LogP contribution in [0.2, 0.25) is 0 Å². The molecule has 128 valence electrons. The lowest BCUT2D eigenvalue weighted by Gasteiger charge is -2.38. The van der Waals surface area contributed by atoms with Crippen molar-refractivity contribution in [1.82, 2.24) is 9.80 Å². The van der Waals surface area contributed by atoms with Gasteiger partial charge in [-0.15, -0.1) is 11.3 Å². The van der Waals surface area contributed by atoms with E-state index in [9.17, 15) is 5.11 Å². The van der Waals surface area contributed by atoms with Gasteiger partial charge in [-0.1, -0.05) is 0 Å². The smallest absolute Gasteiger partial charge is 0.0801 e. The number of hydrogen-bond donors (Lipinski definition) is 1. The van der Waals surface area contributed by atoms with Crippen LogP contribution in [-0.2, 0) is 17.8 Å². The number of rotatable bonds is 4. The Morgan fingerprint density at radius 2 is 1.65 bits per heavy atom. The molecule has 0 aliphatic carbocycles. The second-order valence-electron chi connectivity index (χ2n) is 7.48. The number of piperidine rings is 1. The number of likely N-dealkylation sites (tertiary alicyclic amines) is 2. The summed E-state index contributed by atoms with van der Waals surface area (Å²) >= 11 is 1.98. The second-order valence-corrected chi connectivity index (χ2v) is 8.73. The molecule has 1 aromatic heterocycles. The van der Waals surface area contributed by atoms with Crippen molar-refractivity contribution in [3.63, 3.8) is 0 Å². The normalized spacial score (nSPS) is 28.8. The fourth-order valence-corrected chi connectivity index (χ4v) is 5.36. The van der Waals surface area contributed by atoms with Crippen LogP contribution in [0.25, 0.3) is 0 Å². The van der Waals surface area contributed by atoms with Crippen LogP contribution in [0.3, 0.4) is 0 Å². The molecule has 0 aromatic carbocycles. The number of ether oxygens (including phenoxy) is 1. The minimum Gasteiger partial charge on any atom is -0.391 e. The molecule has 0 bridgehead atoms. The molecule has 3 fully saturated rings. The van der Waals surface area contributed by atoms with Crippen molar-refractivity contribution >= 4 is 11.3 Å². The first-order valence-corrected chi connectivity index (χ1v) is 9.87. The highest BCUT2D eigenvalue weighted by molar-refractivity contribution is 7.11. The molecule has 3 aliphatic rings. The van der Waals surface area contributed by atoms with E-state index < -0.39 is 0 Å². The number of nitrogens with zero attached hydrogens (tertiary/aromatic N) is 2. The van der Waals surface area contributed by atoms with E-state index in [0.717, 1.165) is 45.4 Å². The molecule has 0 saturated carbocycles. The van der Waals surface area contributed by atoms with Gasteiger partial charge in [0.2, 0.25) is 0 Å². The molecule has 4 rings (SSSR count). The molecule has 23 heavy (non-hydrogen) atoms. The van der Waals surface area contributed by atoms with Crippen LogP contribution in [0, 0.1) is 0 Å². The molecule has 1 unspecified atom stereocenters. The summed E-state index contributed by atoms with van der Waals surface area (Å²) in [5, 5.41) is 9.73. The molecule has 1 N–H and O–H groups in total. The van der Waals surface area contributed by atoms with Gasteiger partial charge in [-0.25, -0.2) is 0 Å². The Bertz CT molecular complexity index is 519. The Balaban J connectivity index is 1.27. The Labute approximate surface area is 143 Å². The SMILES string of the molecule is OC1COC2(CCN(Cc3ccc(CN4CCCC4)s3)CC2)C1. The predicted octanol–water partition coefficient (Wildman–Crippen LogP) is 2.46. The predicted molar refractivity (Wildman–Crippen MR) is 92.6 cm³/mol. The first-order chi connectivity index (χ1) is 11.2. The highest BCUT2D eigenvalue weighted by Crippen LogP contribution is 2.36. The molecular formula is C18H28N2O2S. The van der Waals surface area contributed by atoms with Gasteiger partial charge in [0, 0.05) is 42.4 Å². The van der Waals surface area contributed by atoms with E-state index in [2.05, 4.69) is 21.9 Å². The van der Waals surface area contributed by atoms with Gasteiger partial charge in [0.05, 0.1) is 18.3 Å². The Morgan fingerprint density at radius 1 is 1.04 bits per heavy atom. The summed E-state index contributed by atoms with van der Waals surface area (Å²) < 4.78 is 5.89.